The fourth-order valence-corrected chi connectivity index (χ4v) is 3.81. The summed E-state index contributed by atoms with van der Waals surface area (Å²) < 4.78 is 18.4. The molecule has 1 amide bonds. The van der Waals surface area contributed by atoms with Crippen LogP contribution in [0.1, 0.15) is 13.8 Å². The lowest BCUT2D eigenvalue weighted by Crippen LogP contribution is -2.16. The predicted octanol–water partition coefficient (Wildman–Crippen LogP) is 4.12. The number of hydrogen-bond acceptors (Lipinski definition) is 7. The molecule has 1 aromatic heterocycles. The van der Waals surface area contributed by atoms with Gasteiger partial charge in [-0.15, -0.1) is 10.2 Å². The summed E-state index contributed by atoms with van der Waals surface area (Å²) in [5.41, 5.74) is 1.54. The molecule has 0 saturated carbocycles. The molecule has 0 fully saturated rings. The summed E-state index contributed by atoms with van der Waals surface area (Å²) >= 11 is 1.32. The number of carbonyl (C=O) groups is 1. The summed E-state index contributed by atoms with van der Waals surface area (Å²) in [5.74, 6) is 2.01. The van der Waals surface area contributed by atoms with Crippen LogP contribution in [0.5, 0.6) is 11.5 Å². The Morgan fingerprint density at radius 3 is 2.56 bits per heavy atom. The van der Waals surface area contributed by atoms with Crippen molar-refractivity contribution in [2.75, 3.05) is 38.0 Å². The molecular weight excluding hydrogens is 428 g/mol. The lowest BCUT2D eigenvalue weighted by Gasteiger charge is -2.13. The number of anilines is 1. The Hall–Kier alpha value is -3.04. The van der Waals surface area contributed by atoms with Gasteiger partial charge in [0.1, 0.15) is 11.5 Å². The average Bonchev–Trinajstić information content (AvgIpc) is 3.21. The van der Waals surface area contributed by atoms with Crippen LogP contribution in [0.3, 0.4) is 0 Å². The highest BCUT2D eigenvalue weighted by molar-refractivity contribution is 7.99. The zero-order valence-corrected chi connectivity index (χ0v) is 19.4. The molecule has 3 rings (SSSR count). The second-order valence-electron chi connectivity index (χ2n) is 6.68. The molecule has 2 aromatic carbocycles. The molecule has 0 atom stereocenters. The van der Waals surface area contributed by atoms with E-state index in [0.29, 0.717) is 48.7 Å². The Balaban J connectivity index is 1.72. The van der Waals surface area contributed by atoms with E-state index in [9.17, 15) is 4.79 Å². The van der Waals surface area contributed by atoms with Crippen LogP contribution in [0, 0.1) is 0 Å². The third-order valence-electron chi connectivity index (χ3n) is 4.44. The Morgan fingerprint density at radius 1 is 1.06 bits per heavy atom. The molecule has 32 heavy (non-hydrogen) atoms. The van der Waals surface area contributed by atoms with Crippen LogP contribution in [0.2, 0.25) is 0 Å². The molecule has 0 radical (unpaired) electrons. The van der Waals surface area contributed by atoms with Gasteiger partial charge in [0.15, 0.2) is 11.0 Å². The van der Waals surface area contributed by atoms with Gasteiger partial charge in [-0.05, 0) is 26.0 Å². The molecule has 0 saturated heterocycles. The van der Waals surface area contributed by atoms with Crippen molar-refractivity contribution in [3.63, 3.8) is 0 Å². The Kier molecular flexibility index (Phi) is 8.94. The quantitative estimate of drug-likeness (QED) is 0.410. The minimum absolute atomic E-state index is 0.171. The Bertz CT molecular complexity index is 1010. The van der Waals surface area contributed by atoms with Crippen LogP contribution in [0.25, 0.3) is 11.4 Å². The first-order valence-electron chi connectivity index (χ1n) is 10.5. The molecule has 0 aliphatic rings. The van der Waals surface area contributed by atoms with Crippen molar-refractivity contribution in [1.29, 1.82) is 0 Å². The number of aromatic nitrogens is 3. The van der Waals surface area contributed by atoms with Gasteiger partial charge in [0.2, 0.25) is 5.91 Å². The number of thioether (sulfide) groups is 1. The lowest BCUT2D eigenvalue weighted by atomic mass is 10.2. The smallest absolute Gasteiger partial charge is 0.234 e. The molecule has 1 N–H and O–H groups in total. The molecule has 0 spiro atoms. The Morgan fingerprint density at radius 2 is 1.84 bits per heavy atom. The largest absolute Gasteiger partial charge is 0.494 e. The van der Waals surface area contributed by atoms with Crippen molar-refractivity contribution >= 4 is 23.4 Å². The van der Waals surface area contributed by atoms with Gasteiger partial charge >= 0.3 is 0 Å². The number of amides is 1. The third kappa shape index (κ3) is 6.24. The van der Waals surface area contributed by atoms with Crippen molar-refractivity contribution in [2.45, 2.75) is 25.5 Å². The van der Waals surface area contributed by atoms with E-state index in [-0.39, 0.29) is 11.7 Å². The number of rotatable bonds is 12. The summed E-state index contributed by atoms with van der Waals surface area (Å²) in [4.78, 5) is 12.7. The van der Waals surface area contributed by atoms with Crippen molar-refractivity contribution in [1.82, 2.24) is 14.8 Å². The highest BCUT2D eigenvalue weighted by Gasteiger charge is 2.16. The topological polar surface area (TPSA) is 87.5 Å². The second-order valence-corrected chi connectivity index (χ2v) is 7.62. The summed E-state index contributed by atoms with van der Waals surface area (Å²) in [6.07, 6.45) is 0. The SMILES string of the molecule is CCOc1ccc(OCC)c(NC(=O)CSc2nnc(-c3ccccc3)n2CCOC)c1. The van der Waals surface area contributed by atoms with Gasteiger partial charge in [0, 0.05) is 18.7 Å². The molecular formula is C23H28N4O4S. The number of ether oxygens (including phenoxy) is 3. The molecule has 9 heteroatoms. The first kappa shape index (κ1) is 23.6. The number of nitrogens with one attached hydrogen (secondary N) is 1. The fraction of sp³-hybridized carbons (Fsp3) is 0.348. The molecule has 0 unspecified atom stereocenters. The summed E-state index contributed by atoms with van der Waals surface area (Å²) in [6, 6.07) is 15.2. The van der Waals surface area contributed by atoms with E-state index in [2.05, 4.69) is 15.5 Å². The van der Waals surface area contributed by atoms with Crippen molar-refractivity contribution in [3.8, 4) is 22.9 Å². The number of carbonyl (C=O) groups excluding carboxylic acids is 1. The summed E-state index contributed by atoms with van der Waals surface area (Å²) in [6.45, 7) is 5.94. The number of nitrogens with zero attached hydrogens (tertiary/aromatic N) is 3. The van der Waals surface area contributed by atoms with E-state index in [1.54, 1.807) is 19.2 Å². The van der Waals surface area contributed by atoms with E-state index in [4.69, 9.17) is 14.2 Å². The van der Waals surface area contributed by atoms with Gasteiger partial charge in [0.25, 0.3) is 0 Å². The van der Waals surface area contributed by atoms with E-state index in [1.165, 1.54) is 11.8 Å². The van der Waals surface area contributed by atoms with Crippen LogP contribution >= 0.6 is 11.8 Å². The van der Waals surface area contributed by atoms with E-state index >= 15 is 0 Å². The van der Waals surface area contributed by atoms with E-state index in [0.717, 1.165) is 11.4 Å². The van der Waals surface area contributed by atoms with Crippen molar-refractivity contribution in [2.24, 2.45) is 0 Å². The fourth-order valence-electron chi connectivity index (χ4n) is 3.04. The van der Waals surface area contributed by atoms with Crippen LogP contribution < -0.4 is 14.8 Å². The predicted molar refractivity (Wildman–Crippen MR) is 125 cm³/mol. The van der Waals surface area contributed by atoms with E-state index < -0.39 is 0 Å². The molecule has 0 aliphatic carbocycles. The van der Waals surface area contributed by atoms with Gasteiger partial charge in [-0.1, -0.05) is 42.1 Å². The number of methoxy groups -OCH3 is 1. The highest BCUT2D eigenvalue weighted by atomic mass is 32.2. The first-order chi connectivity index (χ1) is 15.7. The summed E-state index contributed by atoms with van der Waals surface area (Å²) in [5, 5.41) is 12.2. The number of hydrogen-bond donors (Lipinski definition) is 1. The van der Waals surface area contributed by atoms with Gasteiger partial charge in [-0.25, -0.2) is 0 Å². The second kappa shape index (κ2) is 12.1. The molecule has 0 aliphatic heterocycles. The van der Waals surface area contributed by atoms with E-state index in [1.807, 2.05) is 54.8 Å². The zero-order chi connectivity index (χ0) is 22.8. The average molecular weight is 457 g/mol. The number of benzene rings is 2. The first-order valence-corrected chi connectivity index (χ1v) is 11.4. The standard InChI is InChI=1S/C23H28N4O4S/c1-4-30-18-11-12-20(31-5-2)19(15-18)24-21(28)16-32-23-26-25-22(27(23)13-14-29-3)17-9-7-6-8-10-17/h6-12,15H,4-5,13-14,16H2,1-3H3,(H,24,28). The van der Waals surface area contributed by atoms with Crippen LogP contribution in [0.4, 0.5) is 5.69 Å². The lowest BCUT2D eigenvalue weighted by molar-refractivity contribution is -0.113. The minimum atomic E-state index is -0.174. The van der Waals surface area contributed by atoms with Crippen LogP contribution in [-0.2, 0) is 16.1 Å². The molecule has 170 valence electrons. The third-order valence-corrected chi connectivity index (χ3v) is 5.40. The molecule has 1 heterocycles. The maximum atomic E-state index is 12.7. The van der Waals surface area contributed by atoms with Crippen molar-refractivity contribution in [3.05, 3.63) is 48.5 Å². The maximum Gasteiger partial charge on any atom is 0.234 e. The summed E-state index contributed by atoms with van der Waals surface area (Å²) in [7, 11) is 1.65. The molecule has 8 nitrogen and oxygen atoms in total. The highest BCUT2D eigenvalue weighted by Crippen LogP contribution is 2.30. The van der Waals surface area contributed by atoms with Gasteiger partial charge < -0.3 is 19.5 Å². The molecule has 0 bridgehead atoms. The normalized spacial score (nSPS) is 10.7. The van der Waals surface area contributed by atoms with Crippen LogP contribution in [-0.4, -0.2) is 53.4 Å². The van der Waals surface area contributed by atoms with Gasteiger partial charge in [0.05, 0.1) is 37.8 Å². The van der Waals surface area contributed by atoms with Gasteiger partial charge in [-0.2, -0.15) is 0 Å². The maximum absolute atomic E-state index is 12.7. The van der Waals surface area contributed by atoms with Gasteiger partial charge in [-0.3, -0.25) is 9.36 Å². The van der Waals surface area contributed by atoms with Crippen molar-refractivity contribution < 1.29 is 19.0 Å². The Labute approximate surface area is 192 Å². The molecule has 3 aromatic rings. The monoisotopic (exact) mass is 456 g/mol. The minimum Gasteiger partial charge on any atom is -0.494 e. The zero-order valence-electron chi connectivity index (χ0n) is 18.5. The van der Waals surface area contributed by atoms with Crippen LogP contribution in [0.15, 0.2) is 53.7 Å².